The number of aryl methyl sites for hydroxylation is 2. The number of nitrogens with one attached hydrogen (secondary N) is 1. The molecule has 0 aliphatic carbocycles. The number of rotatable bonds is 7. The van der Waals surface area contributed by atoms with Gasteiger partial charge in [0.15, 0.2) is 0 Å². The zero-order chi connectivity index (χ0) is 21.0. The van der Waals surface area contributed by atoms with Gasteiger partial charge in [-0.3, -0.25) is 4.79 Å². The van der Waals surface area contributed by atoms with E-state index in [4.69, 9.17) is 4.74 Å². The fourth-order valence-electron chi connectivity index (χ4n) is 3.03. The van der Waals surface area contributed by atoms with E-state index in [1.165, 1.54) is 11.8 Å². The Morgan fingerprint density at radius 2 is 2.03 bits per heavy atom. The third kappa shape index (κ3) is 4.76. The van der Waals surface area contributed by atoms with Gasteiger partial charge in [0, 0.05) is 5.69 Å². The second-order valence-corrected chi connectivity index (χ2v) is 8.02. The number of amides is 1. The number of para-hydroxylation sites is 1. The number of anilines is 1. The van der Waals surface area contributed by atoms with Crippen molar-refractivity contribution in [3.63, 3.8) is 0 Å². The summed E-state index contributed by atoms with van der Waals surface area (Å²) in [6.07, 6.45) is 0. The molecule has 1 heterocycles. The summed E-state index contributed by atoms with van der Waals surface area (Å²) in [4.78, 5) is 12.6. The number of carbonyl (C=O) groups excluding carboxylic acids is 1. The van der Waals surface area contributed by atoms with Crippen molar-refractivity contribution < 1.29 is 9.53 Å². The summed E-state index contributed by atoms with van der Waals surface area (Å²) in [7, 11) is 1.60. The Balaban J connectivity index is 1.76. The van der Waals surface area contributed by atoms with Gasteiger partial charge in [-0.25, -0.2) is 0 Å². The summed E-state index contributed by atoms with van der Waals surface area (Å²) in [5.41, 5.74) is 4.85. The number of ether oxygens (including phenoxy) is 1. The van der Waals surface area contributed by atoms with Crippen LogP contribution < -0.4 is 10.1 Å². The molecule has 0 fully saturated rings. The Labute approximate surface area is 174 Å². The molecule has 8 heteroatoms. The molecule has 1 amide bonds. The Morgan fingerprint density at radius 1 is 1.24 bits per heavy atom. The maximum atomic E-state index is 12.6. The second-order valence-electron chi connectivity index (χ2n) is 7.08. The quantitative estimate of drug-likeness (QED) is 0.589. The van der Waals surface area contributed by atoms with Crippen LogP contribution in [0.4, 0.5) is 5.69 Å². The van der Waals surface area contributed by atoms with Gasteiger partial charge in [-0.2, -0.15) is 4.68 Å². The molecule has 1 N–H and O–H groups in total. The molecule has 0 spiro atoms. The molecular formula is C21H25N5O2S. The molecule has 0 bridgehead atoms. The summed E-state index contributed by atoms with van der Waals surface area (Å²) < 4.78 is 7.02. The summed E-state index contributed by atoms with van der Waals surface area (Å²) in [5, 5.41) is 15.5. The van der Waals surface area contributed by atoms with Gasteiger partial charge in [-0.1, -0.05) is 49.9 Å². The minimum Gasteiger partial charge on any atom is -0.494 e. The van der Waals surface area contributed by atoms with Crippen LogP contribution in [0.3, 0.4) is 0 Å². The van der Waals surface area contributed by atoms with E-state index in [1.54, 1.807) is 11.8 Å². The van der Waals surface area contributed by atoms with Crippen molar-refractivity contribution in [2.45, 2.75) is 38.8 Å². The topological polar surface area (TPSA) is 81.9 Å². The van der Waals surface area contributed by atoms with Crippen LogP contribution in [0.1, 0.15) is 36.5 Å². The third-order valence-electron chi connectivity index (χ3n) is 4.53. The largest absolute Gasteiger partial charge is 0.494 e. The van der Waals surface area contributed by atoms with Crippen molar-refractivity contribution in [3.8, 4) is 11.4 Å². The number of methoxy groups -OCH3 is 1. The summed E-state index contributed by atoms with van der Waals surface area (Å²) in [5.74, 6) is 1.08. The van der Waals surface area contributed by atoms with Crippen LogP contribution in [-0.4, -0.2) is 39.0 Å². The van der Waals surface area contributed by atoms with E-state index >= 15 is 0 Å². The lowest BCUT2D eigenvalue weighted by molar-refractivity contribution is -0.113. The fraction of sp³-hybridized carbons (Fsp3) is 0.333. The van der Waals surface area contributed by atoms with E-state index < -0.39 is 0 Å². The van der Waals surface area contributed by atoms with E-state index in [-0.39, 0.29) is 11.7 Å². The minimum atomic E-state index is -0.100. The Morgan fingerprint density at radius 3 is 2.76 bits per heavy atom. The second kappa shape index (κ2) is 9.09. The lowest BCUT2D eigenvalue weighted by atomic mass is 9.98. The molecule has 0 saturated heterocycles. The van der Waals surface area contributed by atoms with Crippen LogP contribution in [0.5, 0.6) is 5.75 Å². The standard InChI is InChI=1S/C21H25N5O2S/c1-13(2)16-8-6-7-15(4)20(16)22-19(27)12-29-21-23-24-25-26(21)17-11-14(3)9-10-18(17)28-5/h6-11,13H,12H2,1-5H3,(H,22,27). The van der Waals surface area contributed by atoms with Crippen LogP contribution in [0.25, 0.3) is 5.69 Å². The SMILES string of the molecule is COc1ccc(C)cc1-n1nnnc1SCC(=O)Nc1c(C)cccc1C(C)C. The van der Waals surface area contributed by atoms with Gasteiger partial charge in [0.25, 0.3) is 0 Å². The predicted octanol–water partition coefficient (Wildman–Crippen LogP) is 4.14. The Bertz CT molecular complexity index is 1020. The Kier molecular flexibility index (Phi) is 6.53. The number of benzene rings is 2. The van der Waals surface area contributed by atoms with Crippen molar-refractivity contribution >= 4 is 23.4 Å². The molecule has 7 nitrogen and oxygen atoms in total. The van der Waals surface area contributed by atoms with Crippen molar-refractivity contribution in [3.05, 3.63) is 53.1 Å². The number of nitrogens with zero attached hydrogens (tertiary/aromatic N) is 4. The highest BCUT2D eigenvalue weighted by molar-refractivity contribution is 7.99. The van der Waals surface area contributed by atoms with Gasteiger partial charge in [0.1, 0.15) is 11.4 Å². The van der Waals surface area contributed by atoms with E-state index in [0.717, 1.165) is 28.1 Å². The van der Waals surface area contributed by atoms with Gasteiger partial charge in [0.2, 0.25) is 11.1 Å². The van der Waals surface area contributed by atoms with Gasteiger partial charge in [0.05, 0.1) is 12.9 Å². The lowest BCUT2D eigenvalue weighted by Crippen LogP contribution is -2.17. The number of tetrazole rings is 1. The van der Waals surface area contributed by atoms with Crippen molar-refractivity contribution in [2.24, 2.45) is 0 Å². The predicted molar refractivity (Wildman–Crippen MR) is 115 cm³/mol. The first kappa shape index (κ1) is 20.9. The van der Waals surface area contributed by atoms with Crippen molar-refractivity contribution in [1.29, 1.82) is 0 Å². The average molecular weight is 412 g/mol. The van der Waals surface area contributed by atoms with Crippen molar-refractivity contribution in [2.75, 3.05) is 18.2 Å². The molecule has 3 rings (SSSR count). The van der Waals surface area contributed by atoms with Crippen LogP contribution >= 0.6 is 11.8 Å². The minimum absolute atomic E-state index is 0.100. The molecule has 29 heavy (non-hydrogen) atoms. The molecule has 3 aromatic rings. The first-order valence-electron chi connectivity index (χ1n) is 9.36. The zero-order valence-electron chi connectivity index (χ0n) is 17.3. The fourth-order valence-corrected chi connectivity index (χ4v) is 3.72. The molecule has 152 valence electrons. The molecule has 0 aliphatic heterocycles. The highest BCUT2D eigenvalue weighted by Gasteiger charge is 2.17. The third-order valence-corrected chi connectivity index (χ3v) is 5.45. The highest BCUT2D eigenvalue weighted by atomic mass is 32.2. The van der Waals surface area contributed by atoms with E-state index in [1.807, 2.05) is 50.2 Å². The van der Waals surface area contributed by atoms with Crippen LogP contribution in [0.15, 0.2) is 41.6 Å². The molecule has 0 unspecified atom stereocenters. The maximum absolute atomic E-state index is 12.6. The number of thioether (sulfide) groups is 1. The maximum Gasteiger partial charge on any atom is 0.234 e. The first-order valence-corrected chi connectivity index (χ1v) is 10.3. The molecule has 0 radical (unpaired) electrons. The van der Waals surface area contributed by atoms with Gasteiger partial charge in [-0.05, 0) is 59.0 Å². The molecule has 0 saturated carbocycles. The normalized spacial score (nSPS) is 11.0. The highest BCUT2D eigenvalue weighted by Crippen LogP contribution is 2.29. The molecule has 2 aromatic carbocycles. The van der Waals surface area contributed by atoms with E-state index in [0.29, 0.717) is 16.8 Å². The number of hydrogen-bond acceptors (Lipinski definition) is 6. The van der Waals surface area contributed by atoms with E-state index in [9.17, 15) is 4.79 Å². The monoisotopic (exact) mass is 411 g/mol. The average Bonchev–Trinajstić information content (AvgIpc) is 3.16. The number of aromatic nitrogens is 4. The van der Waals surface area contributed by atoms with Crippen molar-refractivity contribution in [1.82, 2.24) is 20.2 Å². The zero-order valence-corrected chi connectivity index (χ0v) is 18.1. The summed E-state index contributed by atoms with van der Waals surface area (Å²) in [6.45, 7) is 8.21. The molecular weight excluding hydrogens is 386 g/mol. The van der Waals surface area contributed by atoms with Crippen LogP contribution in [0, 0.1) is 13.8 Å². The number of hydrogen-bond donors (Lipinski definition) is 1. The first-order chi connectivity index (χ1) is 13.9. The summed E-state index contributed by atoms with van der Waals surface area (Å²) >= 11 is 1.28. The smallest absolute Gasteiger partial charge is 0.234 e. The van der Waals surface area contributed by atoms with Gasteiger partial charge < -0.3 is 10.1 Å². The van der Waals surface area contributed by atoms with E-state index in [2.05, 4.69) is 34.7 Å². The van der Waals surface area contributed by atoms with Gasteiger partial charge in [-0.15, -0.1) is 5.10 Å². The van der Waals surface area contributed by atoms with Crippen LogP contribution in [-0.2, 0) is 4.79 Å². The van der Waals surface area contributed by atoms with Gasteiger partial charge >= 0.3 is 0 Å². The summed E-state index contributed by atoms with van der Waals surface area (Å²) in [6, 6.07) is 11.8. The Hall–Kier alpha value is -2.87. The molecule has 0 aliphatic rings. The lowest BCUT2D eigenvalue weighted by Gasteiger charge is -2.16. The van der Waals surface area contributed by atoms with Crippen LogP contribution in [0.2, 0.25) is 0 Å². The molecule has 0 atom stereocenters. The molecule has 1 aromatic heterocycles. The number of carbonyl (C=O) groups is 1.